The zero-order valence-corrected chi connectivity index (χ0v) is 11.7. The number of fused-ring (bicyclic) bond motifs is 1. The number of rotatable bonds is 2. The number of nitrogens with zero attached hydrogens (tertiary/aromatic N) is 3. The Morgan fingerprint density at radius 1 is 1.25 bits per heavy atom. The monoisotopic (exact) mass is 268 g/mol. The van der Waals surface area contributed by atoms with Crippen molar-refractivity contribution >= 4 is 22.5 Å². The van der Waals surface area contributed by atoms with Gasteiger partial charge in [0.05, 0.1) is 22.5 Å². The molecule has 0 saturated carbocycles. The van der Waals surface area contributed by atoms with E-state index in [1.54, 1.807) is 10.9 Å². The number of aryl methyl sites for hydroxylation is 3. The Morgan fingerprint density at radius 2 is 2.05 bits per heavy atom. The highest BCUT2D eigenvalue weighted by Crippen LogP contribution is 2.24. The molecule has 1 N–H and O–H groups in total. The first-order valence-electron chi connectivity index (χ1n) is 6.42. The molecule has 20 heavy (non-hydrogen) atoms. The van der Waals surface area contributed by atoms with Crippen LogP contribution in [0.25, 0.3) is 10.9 Å². The summed E-state index contributed by atoms with van der Waals surface area (Å²) < 4.78 is 3.65. The molecule has 2 heterocycles. The summed E-state index contributed by atoms with van der Waals surface area (Å²) in [6, 6.07) is 7.90. The van der Waals surface area contributed by atoms with Gasteiger partial charge in [-0.25, -0.2) is 0 Å². The smallest absolute Gasteiger partial charge is 0.259 e. The number of nitrogens with one attached hydrogen (secondary N) is 1. The first kappa shape index (κ1) is 12.5. The number of aromatic nitrogens is 3. The topological polar surface area (TPSA) is 51.9 Å². The molecule has 0 bridgehead atoms. The Labute approximate surface area is 116 Å². The number of carbonyl (C=O) groups is 1. The second-order valence-electron chi connectivity index (χ2n) is 4.93. The molecule has 2 aromatic heterocycles. The molecule has 3 rings (SSSR count). The van der Waals surface area contributed by atoms with Crippen molar-refractivity contribution in [1.29, 1.82) is 0 Å². The van der Waals surface area contributed by atoms with Gasteiger partial charge in [-0.05, 0) is 19.1 Å². The van der Waals surface area contributed by atoms with Crippen molar-refractivity contribution in [2.45, 2.75) is 6.92 Å². The Bertz CT molecular complexity index is 797. The third-order valence-corrected chi connectivity index (χ3v) is 3.40. The van der Waals surface area contributed by atoms with Crippen LogP contribution in [0.1, 0.15) is 16.1 Å². The van der Waals surface area contributed by atoms with E-state index in [-0.39, 0.29) is 5.91 Å². The summed E-state index contributed by atoms with van der Waals surface area (Å²) in [4.78, 5) is 12.4. The van der Waals surface area contributed by atoms with Crippen LogP contribution in [0.5, 0.6) is 0 Å². The summed E-state index contributed by atoms with van der Waals surface area (Å²) in [5, 5.41) is 8.27. The van der Waals surface area contributed by atoms with E-state index in [1.165, 1.54) is 0 Å². The van der Waals surface area contributed by atoms with E-state index < -0.39 is 0 Å². The summed E-state index contributed by atoms with van der Waals surface area (Å²) in [5.74, 6) is -0.135. The van der Waals surface area contributed by atoms with Crippen LogP contribution in [-0.2, 0) is 14.1 Å². The van der Waals surface area contributed by atoms with Crippen LogP contribution >= 0.6 is 0 Å². The second kappa shape index (κ2) is 4.52. The minimum atomic E-state index is -0.135. The van der Waals surface area contributed by atoms with Gasteiger partial charge in [0.15, 0.2) is 0 Å². The van der Waals surface area contributed by atoms with Crippen LogP contribution in [-0.4, -0.2) is 20.3 Å². The average molecular weight is 268 g/mol. The highest BCUT2D eigenvalue weighted by Gasteiger charge is 2.14. The fourth-order valence-electron chi connectivity index (χ4n) is 2.47. The van der Waals surface area contributed by atoms with Gasteiger partial charge in [-0.15, -0.1) is 0 Å². The highest BCUT2D eigenvalue weighted by molar-refractivity contribution is 6.08. The van der Waals surface area contributed by atoms with Crippen molar-refractivity contribution in [3.8, 4) is 0 Å². The summed E-state index contributed by atoms with van der Waals surface area (Å²) in [6.07, 6.45) is 3.71. The van der Waals surface area contributed by atoms with Crippen molar-refractivity contribution in [2.75, 3.05) is 5.32 Å². The number of anilines is 1. The van der Waals surface area contributed by atoms with E-state index in [4.69, 9.17) is 0 Å². The van der Waals surface area contributed by atoms with Gasteiger partial charge >= 0.3 is 0 Å². The zero-order chi connectivity index (χ0) is 14.3. The number of benzene rings is 1. The normalized spacial score (nSPS) is 10.9. The number of para-hydroxylation sites is 1. The molecule has 0 fully saturated rings. The van der Waals surface area contributed by atoms with E-state index in [0.29, 0.717) is 5.56 Å². The van der Waals surface area contributed by atoms with Crippen molar-refractivity contribution in [1.82, 2.24) is 14.3 Å². The lowest BCUT2D eigenvalue weighted by Crippen LogP contribution is -2.13. The first-order chi connectivity index (χ1) is 9.56. The lowest BCUT2D eigenvalue weighted by atomic mass is 10.2. The van der Waals surface area contributed by atoms with Gasteiger partial charge in [-0.1, -0.05) is 12.1 Å². The van der Waals surface area contributed by atoms with E-state index >= 15 is 0 Å². The van der Waals surface area contributed by atoms with Gasteiger partial charge in [0, 0.05) is 31.9 Å². The van der Waals surface area contributed by atoms with E-state index in [0.717, 1.165) is 22.3 Å². The van der Waals surface area contributed by atoms with Crippen molar-refractivity contribution in [3.05, 3.63) is 47.9 Å². The van der Waals surface area contributed by atoms with Crippen LogP contribution in [0.3, 0.4) is 0 Å². The molecule has 0 saturated heterocycles. The molecule has 0 spiro atoms. The third kappa shape index (κ3) is 1.97. The van der Waals surface area contributed by atoms with Gasteiger partial charge in [0.2, 0.25) is 0 Å². The van der Waals surface area contributed by atoms with Gasteiger partial charge < -0.3 is 9.88 Å². The fraction of sp³-hybridized carbons (Fsp3) is 0.200. The lowest BCUT2D eigenvalue weighted by Gasteiger charge is -2.08. The number of hydrogen-bond acceptors (Lipinski definition) is 2. The maximum Gasteiger partial charge on any atom is 0.259 e. The summed E-state index contributed by atoms with van der Waals surface area (Å²) in [7, 11) is 3.77. The lowest BCUT2D eigenvalue weighted by molar-refractivity contribution is 0.102. The molecule has 1 amide bonds. The SMILES string of the molecule is Cc1nn(C)cc1C(=O)Nc1cccc2ccn(C)c12. The van der Waals surface area contributed by atoms with Crippen LogP contribution < -0.4 is 5.32 Å². The number of amides is 1. The van der Waals surface area contributed by atoms with Gasteiger partial charge in [0.25, 0.3) is 5.91 Å². The van der Waals surface area contributed by atoms with Crippen LogP contribution in [0.4, 0.5) is 5.69 Å². The van der Waals surface area contributed by atoms with Crippen molar-refractivity contribution in [3.63, 3.8) is 0 Å². The van der Waals surface area contributed by atoms with E-state index in [1.807, 2.05) is 56.0 Å². The molecule has 0 unspecified atom stereocenters. The Balaban J connectivity index is 1.99. The number of carbonyl (C=O) groups excluding carboxylic acids is 1. The molecule has 3 aromatic rings. The van der Waals surface area contributed by atoms with Gasteiger partial charge in [-0.3, -0.25) is 9.48 Å². The molecule has 5 heteroatoms. The second-order valence-corrected chi connectivity index (χ2v) is 4.93. The molecule has 0 aliphatic heterocycles. The van der Waals surface area contributed by atoms with Crippen LogP contribution in [0.15, 0.2) is 36.7 Å². The quantitative estimate of drug-likeness (QED) is 0.776. The molecule has 0 aliphatic carbocycles. The van der Waals surface area contributed by atoms with Crippen molar-refractivity contribution < 1.29 is 4.79 Å². The van der Waals surface area contributed by atoms with Crippen LogP contribution in [0, 0.1) is 6.92 Å². The molecular weight excluding hydrogens is 252 g/mol. The van der Waals surface area contributed by atoms with Crippen LogP contribution in [0.2, 0.25) is 0 Å². The van der Waals surface area contributed by atoms with Gasteiger partial charge in [0.1, 0.15) is 0 Å². The standard InChI is InChI=1S/C15H16N4O/c1-10-12(9-19(3)17-10)15(20)16-13-6-4-5-11-7-8-18(2)14(11)13/h4-9H,1-3H3,(H,16,20). The largest absolute Gasteiger partial charge is 0.349 e. The summed E-state index contributed by atoms with van der Waals surface area (Å²) in [5.41, 5.74) is 3.15. The van der Waals surface area contributed by atoms with Crippen molar-refractivity contribution in [2.24, 2.45) is 14.1 Å². The number of hydrogen-bond donors (Lipinski definition) is 1. The molecule has 102 valence electrons. The molecule has 0 aliphatic rings. The molecule has 1 aromatic carbocycles. The Kier molecular flexibility index (Phi) is 2.82. The Morgan fingerprint density at radius 3 is 2.75 bits per heavy atom. The summed E-state index contributed by atoms with van der Waals surface area (Å²) in [6.45, 7) is 1.83. The third-order valence-electron chi connectivity index (χ3n) is 3.40. The zero-order valence-electron chi connectivity index (χ0n) is 11.7. The first-order valence-corrected chi connectivity index (χ1v) is 6.42. The molecule has 5 nitrogen and oxygen atoms in total. The summed E-state index contributed by atoms with van der Waals surface area (Å²) >= 11 is 0. The Hall–Kier alpha value is -2.56. The minimum absolute atomic E-state index is 0.135. The highest BCUT2D eigenvalue weighted by atomic mass is 16.1. The minimum Gasteiger partial charge on any atom is -0.349 e. The maximum absolute atomic E-state index is 12.4. The average Bonchev–Trinajstić information content (AvgIpc) is 2.94. The molecule has 0 atom stereocenters. The van der Waals surface area contributed by atoms with E-state index in [9.17, 15) is 4.79 Å². The predicted molar refractivity (Wildman–Crippen MR) is 78.8 cm³/mol. The van der Waals surface area contributed by atoms with E-state index in [2.05, 4.69) is 10.4 Å². The molecule has 0 radical (unpaired) electrons. The molecular formula is C15H16N4O. The fourth-order valence-corrected chi connectivity index (χ4v) is 2.47. The maximum atomic E-state index is 12.4. The predicted octanol–water partition coefficient (Wildman–Crippen LogP) is 2.47. The van der Waals surface area contributed by atoms with Gasteiger partial charge in [-0.2, -0.15) is 5.10 Å².